The van der Waals surface area contributed by atoms with Gasteiger partial charge >= 0.3 is 0 Å². The molecule has 1 aromatic carbocycles. The first-order chi connectivity index (χ1) is 13.2. The fourth-order valence-corrected chi connectivity index (χ4v) is 3.53. The van der Waals surface area contributed by atoms with E-state index in [1.54, 1.807) is 6.07 Å². The van der Waals surface area contributed by atoms with Crippen LogP contribution in [-0.2, 0) is 15.0 Å². The number of carbonyl (C=O) groups is 2. The lowest BCUT2D eigenvalue weighted by Crippen LogP contribution is -2.56. The van der Waals surface area contributed by atoms with Gasteiger partial charge < -0.3 is 15.0 Å². The van der Waals surface area contributed by atoms with Crippen LogP contribution in [0, 0.1) is 5.82 Å². The van der Waals surface area contributed by atoms with Crippen LogP contribution in [0.5, 0.6) is 5.75 Å². The second-order valence-corrected chi connectivity index (χ2v) is 8.62. The summed E-state index contributed by atoms with van der Waals surface area (Å²) < 4.78 is 19.2. The Bertz CT molecular complexity index is 660. The van der Waals surface area contributed by atoms with Crippen LogP contribution in [0.15, 0.2) is 18.2 Å². The van der Waals surface area contributed by atoms with Crippen LogP contribution >= 0.6 is 0 Å². The van der Waals surface area contributed by atoms with E-state index >= 15 is 0 Å². The molecule has 0 bridgehead atoms. The summed E-state index contributed by atoms with van der Waals surface area (Å²) in [7, 11) is 2.07. The summed E-state index contributed by atoms with van der Waals surface area (Å²) in [6.45, 7) is 6.73. The van der Waals surface area contributed by atoms with E-state index in [1.807, 2.05) is 20.8 Å². The van der Waals surface area contributed by atoms with E-state index in [0.29, 0.717) is 25.1 Å². The highest BCUT2D eigenvalue weighted by molar-refractivity contribution is 6.23. The van der Waals surface area contributed by atoms with E-state index in [1.165, 1.54) is 49.1 Å². The van der Waals surface area contributed by atoms with Gasteiger partial charge in [-0.2, -0.15) is 0 Å². The van der Waals surface area contributed by atoms with Crippen LogP contribution in [0.1, 0.15) is 58.4 Å². The molecule has 1 heterocycles. The summed E-state index contributed by atoms with van der Waals surface area (Å²) >= 11 is 0. The molecule has 28 heavy (non-hydrogen) atoms. The molecule has 2 fully saturated rings. The number of halogens is 1. The minimum Gasteiger partial charge on any atom is -0.486 e. The van der Waals surface area contributed by atoms with Gasteiger partial charge in [0.05, 0.1) is 13.1 Å². The number of amides is 1. The van der Waals surface area contributed by atoms with E-state index in [4.69, 9.17) is 4.74 Å². The Morgan fingerprint density at radius 2 is 1.86 bits per heavy atom. The Labute approximate surface area is 167 Å². The number of carbonyl (C=O) groups excluding carboxylic acids is 2. The van der Waals surface area contributed by atoms with Crippen LogP contribution in [-0.4, -0.2) is 49.4 Å². The number of hydrogen-bond acceptors (Lipinski definition) is 4. The first-order valence-corrected chi connectivity index (χ1v) is 10.1. The van der Waals surface area contributed by atoms with Crippen LogP contribution in [0.25, 0.3) is 0 Å². The number of ether oxygens (including phenoxy) is 1. The average molecular weight is 393 g/mol. The highest BCUT2D eigenvalue weighted by Crippen LogP contribution is 2.33. The van der Waals surface area contributed by atoms with Gasteiger partial charge in [-0.25, -0.2) is 4.39 Å². The molecule has 1 amide bonds. The van der Waals surface area contributed by atoms with E-state index in [9.17, 15) is 14.0 Å². The van der Waals surface area contributed by atoms with Gasteiger partial charge in [0.2, 0.25) is 6.29 Å². The second kappa shape index (κ2) is 10.0. The normalized spacial score (nSPS) is 18.0. The highest BCUT2D eigenvalue weighted by Gasteiger charge is 2.33. The molecule has 156 valence electrons. The van der Waals surface area contributed by atoms with Crippen LogP contribution in [0.4, 0.5) is 4.39 Å². The third-order valence-electron chi connectivity index (χ3n) is 5.32. The minimum absolute atomic E-state index is 0.148. The molecule has 3 rings (SSSR count). The molecule has 0 spiro atoms. The number of benzene rings is 1. The van der Waals surface area contributed by atoms with Crippen molar-refractivity contribution >= 4 is 12.2 Å². The van der Waals surface area contributed by atoms with Crippen molar-refractivity contribution in [1.29, 1.82) is 0 Å². The van der Waals surface area contributed by atoms with Gasteiger partial charge in [0, 0.05) is 11.6 Å². The number of nitrogens with zero attached hydrogens (tertiary/aromatic N) is 1. The molecule has 2 aliphatic rings. The van der Waals surface area contributed by atoms with E-state index < -0.39 is 5.91 Å². The monoisotopic (exact) mass is 392 g/mol. The van der Waals surface area contributed by atoms with Gasteiger partial charge in [0.1, 0.15) is 17.7 Å². The number of nitrogens with one attached hydrogen (secondary N) is 1. The predicted octanol–water partition coefficient (Wildman–Crippen LogP) is 3.45. The molecular weight excluding hydrogens is 359 g/mol. The summed E-state index contributed by atoms with van der Waals surface area (Å²) in [4.78, 5) is 22.9. The van der Waals surface area contributed by atoms with E-state index in [2.05, 4.69) is 12.4 Å². The molecule has 0 unspecified atom stereocenters. The quantitative estimate of drug-likeness (QED) is 0.630. The standard InChI is InChI=1S/C15H18FNO3.C7H15N/c1-15(2,3)12-6-10(16)4-5-13(12)20-11-7-17(8-11)14(19)9-18;1-8-7-5-3-2-4-6-7/h4-6,9,11H,7-8H2,1-3H3;7-8H,2-6H2,1H3. The molecule has 6 heteroatoms. The third-order valence-corrected chi connectivity index (χ3v) is 5.32. The summed E-state index contributed by atoms with van der Waals surface area (Å²) in [6, 6.07) is 5.28. The summed E-state index contributed by atoms with van der Waals surface area (Å²) in [5.41, 5.74) is 0.553. The molecule has 1 saturated heterocycles. The molecule has 1 aromatic rings. The van der Waals surface area contributed by atoms with Gasteiger partial charge in [-0.3, -0.25) is 9.59 Å². The number of hydrogen-bond donors (Lipinski definition) is 1. The maximum Gasteiger partial charge on any atom is 0.286 e. The Hall–Kier alpha value is -1.95. The summed E-state index contributed by atoms with van der Waals surface area (Å²) in [5.74, 6) is -0.198. The van der Waals surface area contributed by atoms with Crippen molar-refractivity contribution in [3.05, 3.63) is 29.6 Å². The molecular formula is C22H33FN2O3. The summed E-state index contributed by atoms with van der Waals surface area (Å²) in [6.07, 6.45) is 7.28. The molecule has 1 N–H and O–H groups in total. The Morgan fingerprint density at radius 1 is 1.21 bits per heavy atom. The lowest BCUT2D eigenvalue weighted by atomic mass is 9.86. The Morgan fingerprint density at radius 3 is 2.36 bits per heavy atom. The van der Waals surface area contributed by atoms with Crippen LogP contribution < -0.4 is 10.1 Å². The fraction of sp³-hybridized carbons (Fsp3) is 0.636. The molecule has 1 aliphatic heterocycles. The predicted molar refractivity (Wildman–Crippen MR) is 108 cm³/mol. The van der Waals surface area contributed by atoms with Gasteiger partial charge in [-0.1, -0.05) is 40.0 Å². The molecule has 0 aromatic heterocycles. The molecule has 1 aliphatic carbocycles. The van der Waals surface area contributed by atoms with Crippen molar-refractivity contribution in [2.24, 2.45) is 0 Å². The fourth-order valence-electron chi connectivity index (χ4n) is 3.53. The molecule has 1 saturated carbocycles. The van der Waals surface area contributed by atoms with Gasteiger partial charge in [-0.05, 0) is 43.5 Å². The molecule has 0 radical (unpaired) electrons. The molecule has 0 atom stereocenters. The van der Waals surface area contributed by atoms with Crippen molar-refractivity contribution in [3.63, 3.8) is 0 Å². The van der Waals surface area contributed by atoms with Crippen molar-refractivity contribution in [2.75, 3.05) is 20.1 Å². The smallest absolute Gasteiger partial charge is 0.286 e. The lowest BCUT2D eigenvalue weighted by molar-refractivity contribution is -0.145. The summed E-state index contributed by atoms with van der Waals surface area (Å²) in [5, 5.41) is 3.30. The van der Waals surface area contributed by atoms with Crippen LogP contribution in [0.3, 0.4) is 0 Å². The van der Waals surface area contributed by atoms with Crippen LogP contribution in [0.2, 0.25) is 0 Å². The second-order valence-electron chi connectivity index (χ2n) is 8.62. The third kappa shape index (κ3) is 6.30. The van der Waals surface area contributed by atoms with Gasteiger partial charge in [0.25, 0.3) is 5.91 Å². The van der Waals surface area contributed by atoms with Crippen molar-refractivity contribution in [1.82, 2.24) is 10.2 Å². The topological polar surface area (TPSA) is 58.6 Å². The zero-order chi connectivity index (χ0) is 20.7. The maximum atomic E-state index is 13.4. The van der Waals surface area contributed by atoms with Crippen molar-refractivity contribution < 1.29 is 18.7 Å². The van der Waals surface area contributed by atoms with Gasteiger partial charge in [-0.15, -0.1) is 0 Å². The average Bonchev–Trinajstić information content (AvgIpc) is 2.65. The SMILES string of the molecule is CC(C)(C)c1cc(F)ccc1OC1CN(C(=O)C=O)C1.CNC1CCCCC1. The minimum atomic E-state index is -0.528. The molecule has 5 nitrogen and oxygen atoms in total. The van der Waals surface area contributed by atoms with Crippen molar-refractivity contribution in [3.8, 4) is 5.75 Å². The van der Waals surface area contributed by atoms with E-state index in [-0.39, 0.29) is 17.3 Å². The maximum absolute atomic E-state index is 13.4. The largest absolute Gasteiger partial charge is 0.486 e. The Balaban J connectivity index is 0.000000292. The van der Waals surface area contributed by atoms with Gasteiger partial charge in [0.15, 0.2) is 0 Å². The first kappa shape index (κ1) is 22.3. The van der Waals surface area contributed by atoms with Crippen molar-refractivity contribution in [2.45, 2.75) is 70.4 Å². The zero-order valence-electron chi connectivity index (χ0n) is 17.5. The lowest BCUT2D eigenvalue weighted by Gasteiger charge is -2.38. The number of aldehydes is 1. The number of rotatable bonds is 4. The first-order valence-electron chi connectivity index (χ1n) is 10.1. The zero-order valence-corrected chi connectivity index (χ0v) is 17.5. The highest BCUT2D eigenvalue weighted by atomic mass is 19.1. The Kier molecular flexibility index (Phi) is 7.98. The number of likely N-dealkylation sites (tertiary alicyclic amines) is 1. The van der Waals surface area contributed by atoms with E-state index in [0.717, 1.165) is 11.6 Å².